The van der Waals surface area contributed by atoms with E-state index in [2.05, 4.69) is 26.8 Å². The molecule has 1 saturated heterocycles. The van der Waals surface area contributed by atoms with Crippen LogP contribution in [0.4, 0.5) is 0 Å². The van der Waals surface area contributed by atoms with E-state index in [4.69, 9.17) is 14.2 Å². The molecule has 7 heteroatoms. The fourth-order valence-electron chi connectivity index (χ4n) is 9.24. The minimum absolute atomic E-state index is 0.0672. The molecule has 1 unspecified atom stereocenters. The number of carbonyl (C=O) groups is 1. The molecule has 6 rings (SSSR count). The Labute approximate surface area is 232 Å². The van der Waals surface area contributed by atoms with E-state index in [0.717, 1.165) is 35.4 Å². The molecule has 2 heterocycles. The molecule has 0 radical (unpaired) electrons. The van der Waals surface area contributed by atoms with E-state index < -0.39 is 41.1 Å². The normalized spacial score (nSPS) is 43.2. The molecular formula is C32H45NO6. The van der Waals surface area contributed by atoms with Gasteiger partial charge in [0.25, 0.3) is 0 Å². The lowest BCUT2D eigenvalue weighted by atomic mass is 9.58. The highest BCUT2D eigenvalue weighted by Gasteiger charge is 2.77. The van der Waals surface area contributed by atoms with Gasteiger partial charge in [-0.3, -0.25) is 0 Å². The summed E-state index contributed by atoms with van der Waals surface area (Å²) in [4.78, 5) is 13.8. The van der Waals surface area contributed by atoms with Crippen molar-refractivity contribution >= 4 is 5.97 Å². The van der Waals surface area contributed by atoms with Crippen molar-refractivity contribution in [3.63, 3.8) is 0 Å². The monoisotopic (exact) mass is 539 g/mol. The molecule has 214 valence electrons. The maximum absolute atomic E-state index is 13.8. The van der Waals surface area contributed by atoms with Crippen LogP contribution in [0.1, 0.15) is 76.5 Å². The number of esters is 1. The third-order valence-corrected chi connectivity index (χ3v) is 11.2. The van der Waals surface area contributed by atoms with Crippen LogP contribution in [0.2, 0.25) is 0 Å². The summed E-state index contributed by atoms with van der Waals surface area (Å²) in [5, 5.41) is 25.6. The summed E-state index contributed by atoms with van der Waals surface area (Å²) in [6.07, 6.45) is 4.37. The summed E-state index contributed by atoms with van der Waals surface area (Å²) in [5.74, 6) is -0.883. The quantitative estimate of drug-likeness (QED) is 0.427. The van der Waals surface area contributed by atoms with Crippen molar-refractivity contribution in [3.05, 3.63) is 46.3 Å². The minimum atomic E-state index is -1.71. The smallest absolute Gasteiger partial charge is 0.340 e. The van der Waals surface area contributed by atoms with Crippen molar-refractivity contribution in [1.29, 1.82) is 0 Å². The van der Waals surface area contributed by atoms with Crippen LogP contribution in [0, 0.1) is 48.3 Å². The van der Waals surface area contributed by atoms with Gasteiger partial charge < -0.3 is 29.0 Å². The van der Waals surface area contributed by atoms with Gasteiger partial charge in [0, 0.05) is 24.4 Å². The van der Waals surface area contributed by atoms with Gasteiger partial charge in [-0.05, 0) is 87.8 Å². The average molecular weight is 540 g/mol. The second-order valence-corrected chi connectivity index (χ2v) is 14.0. The van der Waals surface area contributed by atoms with Crippen molar-refractivity contribution in [2.24, 2.45) is 34.5 Å². The van der Waals surface area contributed by atoms with Crippen LogP contribution in [0.5, 0.6) is 0 Å². The van der Waals surface area contributed by atoms with Crippen molar-refractivity contribution in [3.8, 4) is 0 Å². The van der Waals surface area contributed by atoms with Crippen LogP contribution in [-0.4, -0.2) is 57.1 Å². The lowest BCUT2D eigenvalue weighted by Gasteiger charge is -2.55. The number of aliphatic hydroxyl groups excluding tert-OH is 1. The summed E-state index contributed by atoms with van der Waals surface area (Å²) in [5.41, 5.74) is 1.15. The molecule has 0 amide bonds. The highest BCUT2D eigenvalue weighted by molar-refractivity contribution is 5.93. The van der Waals surface area contributed by atoms with Gasteiger partial charge in [0.05, 0.1) is 23.7 Å². The molecule has 2 saturated carbocycles. The first-order chi connectivity index (χ1) is 18.1. The molecule has 1 aliphatic heterocycles. The number of nitrogens with zero attached hydrogens (tertiary/aromatic N) is 1. The second-order valence-electron chi connectivity index (χ2n) is 14.0. The highest BCUT2D eigenvalue weighted by Crippen LogP contribution is 2.73. The second kappa shape index (κ2) is 8.31. The number of hydrogen-bond acceptors (Lipinski definition) is 6. The maximum Gasteiger partial charge on any atom is 0.340 e. The lowest BCUT2D eigenvalue weighted by molar-refractivity contribution is -0.312. The molecule has 5 aliphatic rings. The summed E-state index contributed by atoms with van der Waals surface area (Å²) in [6, 6.07) is 0. The van der Waals surface area contributed by atoms with Gasteiger partial charge in [-0.1, -0.05) is 32.9 Å². The summed E-state index contributed by atoms with van der Waals surface area (Å²) in [6.45, 7) is 19.2. The van der Waals surface area contributed by atoms with Gasteiger partial charge in [-0.15, -0.1) is 0 Å². The molecule has 2 N–H and O–H groups in total. The number of aliphatic hydroxyl groups is 2. The fraction of sp³-hybridized carbons (Fsp3) is 0.719. The Hall–Kier alpha value is -1.93. The van der Waals surface area contributed by atoms with Crippen molar-refractivity contribution in [1.82, 2.24) is 4.57 Å². The zero-order valence-electron chi connectivity index (χ0n) is 24.9. The number of ether oxygens (including phenoxy) is 3. The number of carbonyl (C=O) groups excluding carboxylic acids is 1. The Balaban J connectivity index is 1.50. The third kappa shape index (κ3) is 3.39. The predicted molar refractivity (Wildman–Crippen MR) is 147 cm³/mol. The van der Waals surface area contributed by atoms with E-state index in [1.165, 1.54) is 0 Å². The zero-order chi connectivity index (χ0) is 28.4. The molecule has 4 aliphatic carbocycles. The Morgan fingerprint density at radius 1 is 1.21 bits per heavy atom. The zero-order valence-corrected chi connectivity index (χ0v) is 24.9. The number of hydrogen-bond donors (Lipinski definition) is 2. The Morgan fingerprint density at radius 3 is 2.54 bits per heavy atom. The first-order valence-corrected chi connectivity index (χ1v) is 14.6. The minimum Gasteiger partial charge on any atom is -0.451 e. The van der Waals surface area contributed by atoms with Gasteiger partial charge in [0.1, 0.15) is 11.7 Å². The van der Waals surface area contributed by atoms with Gasteiger partial charge in [-0.2, -0.15) is 0 Å². The molecule has 2 bridgehead atoms. The third-order valence-electron chi connectivity index (χ3n) is 11.2. The predicted octanol–water partition coefficient (Wildman–Crippen LogP) is 4.71. The maximum atomic E-state index is 13.8. The summed E-state index contributed by atoms with van der Waals surface area (Å²) < 4.78 is 21.0. The lowest BCUT2D eigenvalue weighted by Crippen LogP contribution is -2.69. The van der Waals surface area contributed by atoms with Gasteiger partial charge in [0.2, 0.25) is 0 Å². The Bertz CT molecular complexity index is 1290. The van der Waals surface area contributed by atoms with Crippen LogP contribution in [-0.2, 0) is 20.8 Å². The van der Waals surface area contributed by atoms with E-state index in [1.54, 1.807) is 0 Å². The van der Waals surface area contributed by atoms with Crippen molar-refractivity contribution in [2.45, 2.75) is 105 Å². The van der Waals surface area contributed by atoms with E-state index in [-0.39, 0.29) is 17.3 Å². The molecule has 9 atom stereocenters. The number of aryl methyl sites for hydroxylation is 2. The Morgan fingerprint density at radius 2 is 1.90 bits per heavy atom. The molecular weight excluding hydrogens is 494 g/mol. The van der Waals surface area contributed by atoms with Crippen molar-refractivity contribution < 1.29 is 29.2 Å². The van der Waals surface area contributed by atoms with Crippen molar-refractivity contribution in [2.75, 3.05) is 6.61 Å². The molecule has 0 aromatic carbocycles. The first-order valence-electron chi connectivity index (χ1n) is 14.6. The Kier molecular flexibility index (Phi) is 5.81. The van der Waals surface area contributed by atoms with Crippen LogP contribution in [0.25, 0.3) is 0 Å². The van der Waals surface area contributed by atoms with Crippen LogP contribution in [0.3, 0.4) is 0 Å². The number of fused-ring (bicyclic) bond motifs is 5. The van der Waals surface area contributed by atoms with E-state index >= 15 is 0 Å². The molecule has 1 aromatic heterocycles. The fourth-order valence-corrected chi connectivity index (χ4v) is 9.24. The van der Waals surface area contributed by atoms with E-state index in [0.29, 0.717) is 24.0 Å². The summed E-state index contributed by atoms with van der Waals surface area (Å²) in [7, 11) is 0. The van der Waals surface area contributed by atoms with E-state index in [9.17, 15) is 15.0 Å². The molecule has 1 aromatic rings. The van der Waals surface area contributed by atoms with Crippen LogP contribution >= 0.6 is 0 Å². The molecule has 1 spiro atoms. The topological polar surface area (TPSA) is 90.2 Å². The average Bonchev–Trinajstić information content (AvgIpc) is 3.18. The summed E-state index contributed by atoms with van der Waals surface area (Å²) >= 11 is 0. The first kappa shape index (κ1) is 27.3. The number of rotatable bonds is 3. The molecule has 39 heavy (non-hydrogen) atoms. The SMILES string of the molecule is CCn1cc(C)c(C(=O)O[C@H]2C(C)=C[C@]34C(O)[C@@H](C=C5COC(C)(C)O[C@H]5[C@]23O)[C@H]2[C@@H](C[C@H]4C)C2(C)C)c1C. The molecule has 7 nitrogen and oxygen atoms in total. The van der Waals surface area contributed by atoms with Gasteiger partial charge in [0.15, 0.2) is 11.9 Å². The van der Waals surface area contributed by atoms with Crippen LogP contribution in [0.15, 0.2) is 29.5 Å². The van der Waals surface area contributed by atoms with Gasteiger partial charge in [-0.25, -0.2) is 4.79 Å². The van der Waals surface area contributed by atoms with Crippen LogP contribution < -0.4 is 0 Å². The largest absolute Gasteiger partial charge is 0.451 e. The number of aromatic nitrogens is 1. The highest BCUT2D eigenvalue weighted by atomic mass is 16.7. The van der Waals surface area contributed by atoms with E-state index in [1.807, 2.05) is 58.4 Å². The van der Waals surface area contributed by atoms with Gasteiger partial charge >= 0.3 is 5.97 Å². The standard InChI is InChI=1S/C32H45NO6/c1-10-33-14-17(3)23(19(33)5)28(35)38-26-16(2)13-31-18(4)11-22-24(29(22,6)7)21(25(31)34)12-20-15-37-30(8,9)39-27(20)32(26,31)36/h12-14,18,21-22,24-27,34,36H,10-11,15H2,1-9H3/t18-,21+,22-,24+,25?,26+,27-,31+,32-/m1/s1. The molecule has 3 fully saturated rings.